The van der Waals surface area contributed by atoms with Crippen LogP contribution in [0.1, 0.15) is 53.6 Å². The average molecular weight is 369 g/mol. The Morgan fingerprint density at radius 3 is 2.85 bits per heavy atom. The van der Waals surface area contributed by atoms with Gasteiger partial charge in [-0.25, -0.2) is 4.79 Å². The fraction of sp³-hybridized carbons (Fsp3) is 0.619. The van der Waals surface area contributed by atoms with Crippen molar-refractivity contribution < 1.29 is 24.5 Å². The summed E-state index contributed by atoms with van der Waals surface area (Å²) in [5.74, 6) is 0.00388. The van der Waals surface area contributed by atoms with E-state index >= 15 is 0 Å². The first-order chi connectivity index (χ1) is 13.0. The maximum absolute atomic E-state index is 12.8. The van der Waals surface area contributed by atoms with E-state index in [0.717, 1.165) is 30.1 Å². The van der Waals surface area contributed by atoms with Gasteiger partial charge in [0.05, 0.1) is 11.0 Å². The van der Waals surface area contributed by atoms with Crippen molar-refractivity contribution in [2.45, 2.75) is 61.7 Å². The molecule has 142 valence electrons. The van der Waals surface area contributed by atoms with Crippen molar-refractivity contribution in [1.82, 2.24) is 4.90 Å². The van der Waals surface area contributed by atoms with Crippen molar-refractivity contribution in [3.63, 3.8) is 0 Å². The molecular formula is C21H23NO5. The van der Waals surface area contributed by atoms with Crippen molar-refractivity contribution in [3.05, 3.63) is 28.8 Å². The second-order valence-electron chi connectivity index (χ2n) is 9.05. The summed E-state index contributed by atoms with van der Waals surface area (Å²) >= 11 is 0. The first-order valence-corrected chi connectivity index (χ1v) is 10.0. The monoisotopic (exact) mass is 369 g/mol. The van der Waals surface area contributed by atoms with Gasteiger partial charge >= 0.3 is 5.97 Å². The Morgan fingerprint density at radius 1 is 1.30 bits per heavy atom. The molecule has 1 saturated heterocycles. The van der Waals surface area contributed by atoms with Crippen molar-refractivity contribution in [3.8, 4) is 5.75 Å². The zero-order valence-corrected chi connectivity index (χ0v) is 15.1. The number of carboxylic acids is 1. The van der Waals surface area contributed by atoms with Crippen LogP contribution in [0.2, 0.25) is 0 Å². The molecule has 0 radical (unpaired) electrons. The van der Waals surface area contributed by atoms with Gasteiger partial charge in [0.2, 0.25) is 0 Å². The van der Waals surface area contributed by atoms with Gasteiger partial charge in [0.15, 0.2) is 11.9 Å². The number of aromatic carboxylic acids is 1. The van der Waals surface area contributed by atoms with Crippen LogP contribution in [0, 0.1) is 5.92 Å². The van der Waals surface area contributed by atoms with Crippen LogP contribution in [0.4, 0.5) is 0 Å². The van der Waals surface area contributed by atoms with Crippen molar-refractivity contribution in [2.75, 3.05) is 13.1 Å². The fourth-order valence-electron chi connectivity index (χ4n) is 6.45. The molecule has 1 spiro atoms. The van der Waals surface area contributed by atoms with E-state index in [2.05, 4.69) is 4.90 Å². The third-order valence-corrected chi connectivity index (χ3v) is 7.81. The lowest BCUT2D eigenvalue weighted by molar-refractivity contribution is -0.188. The quantitative estimate of drug-likeness (QED) is 0.840. The first kappa shape index (κ1) is 16.1. The highest BCUT2D eigenvalue weighted by Crippen LogP contribution is 2.64. The van der Waals surface area contributed by atoms with E-state index < -0.39 is 23.1 Å². The summed E-state index contributed by atoms with van der Waals surface area (Å²) in [5.41, 5.74) is 0.134. The molecule has 0 amide bonds. The number of ether oxygens (including phenoxy) is 1. The highest BCUT2D eigenvalue weighted by Gasteiger charge is 2.73. The predicted octanol–water partition coefficient (Wildman–Crippen LogP) is 1.52. The van der Waals surface area contributed by atoms with Crippen LogP contribution in [0.25, 0.3) is 0 Å². The summed E-state index contributed by atoms with van der Waals surface area (Å²) < 4.78 is 6.07. The fourth-order valence-corrected chi connectivity index (χ4v) is 6.45. The van der Waals surface area contributed by atoms with Gasteiger partial charge in [-0.05, 0) is 56.2 Å². The van der Waals surface area contributed by atoms with E-state index in [1.165, 1.54) is 12.8 Å². The Balaban J connectivity index is 1.58. The molecule has 2 heterocycles. The summed E-state index contributed by atoms with van der Waals surface area (Å²) in [6.45, 7) is 1.84. The second kappa shape index (κ2) is 4.92. The molecule has 2 bridgehead atoms. The highest BCUT2D eigenvalue weighted by molar-refractivity contribution is 5.95. The molecule has 4 unspecified atom stereocenters. The molecule has 5 aliphatic rings. The van der Waals surface area contributed by atoms with Gasteiger partial charge < -0.3 is 14.9 Å². The minimum absolute atomic E-state index is 0.00513. The van der Waals surface area contributed by atoms with E-state index in [1.54, 1.807) is 6.07 Å². The predicted molar refractivity (Wildman–Crippen MR) is 95.1 cm³/mol. The Hall–Kier alpha value is -1.92. The number of likely N-dealkylation sites (tertiary alicyclic amines) is 1. The molecule has 4 atom stereocenters. The van der Waals surface area contributed by atoms with Gasteiger partial charge in [-0.15, -0.1) is 0 Å². The number of ketones is 1. The van der Waals surface area contributed by atoms with E-state index in [4.69, 9.17) is 4.74 Å². The van der Waals surface area contributed by atoms with Gasteiger partial charge in [0, 0.05) is 24.6 Å². The smallest absolute Gasteiger partial charge is 0.339 e. The van der Waals surface area contributed by atoms with Crippen LogP contribution in [-0.2, 0) is 16.6 Å². The van der Waals surface area contributed by atoms with Crippen LogP contribution in [-0.4, -0.2) is 57.7 Å². The summed E-state index contributed by atoms with van der Waals surface area (Å²) in [6, 6.07) is 3.45. The maximum Gasteiger partial charge on any atom is 0.339 e. The third kappa shape index (κ3) is 1.79. The molecule has 6 rings (SSSR count). The van der Waals surface area contributed by atoms with Gasteiger partial charge in [0.25, 0.3) is 0 Å². The Morgan fingerprint density at radius 2 is 2.11 bits per heavy atom. The highest BCUT2D eigenvalue weighted by atomic mass is 16.5. The maximum atomic E-state index is 12.8. The number of carbonyl (C=O) groups is 2. The standard InChI is InChI=1S/C21H23NO5/c23-14-5-6-21(26)15-9-12-3-4-13(19(24)25)17-16(12)20(21,18(14)27-17)7-8-22(15)10-11-1-2-11/h3-4,11,15,18,26H,1-2,5-10H2,(H,24,25). The molecule has 2 aliphatic heterocycles. The summed E-state index contributed by atoms with van der Waals surface area (Å²) in [7, 11) is 0. The normalized spacial score (nSPS) is 39.1. The lowest BCUT2D eigenvalue weighted by atomic mass is 9.49. The zero-order chi connectivity index (χ0) is 18.6. The molecule has 1 aromatic carbocycles. The largest absolute Gasteiger partial charge is 0.480 e. The van der Waals surface area contributed by atoms with Crippen LogP contribution in [0.15, 0.2) is 12.1 Å². The van der Waals surface area contributed by atoms with Crippen LogP contribution in [0.5, 0.6) is 5.75 Å². The lowest BCUT2D eigenvalue weighted by Gasteiger charge is -2.62. The Labute approximate surface area is 157 Å². The molecule has 2 N–H and O–H groups in total. The molecule has 3 fully saturated rings. The molecule has 1 aromatic rings. The molecule has 2 saturated carbocycles. The van der Waals surface area contributed by atoms with E-state index in [0.29, 0.717) is 31.4 Å². The van der Waals surface area contributed by atoms with Crippen molar-refractivity contribution >= 4 is 11.8 Å². The van der Waals surface area contributed by atoms with E-state index in [9.17, 15) is 19.8 Å². The molecular weight excluding hydrogens is 346 g/mol. The summed E-state index contributed by atoms with van der Waals surface area (Å²) in [5, 5.41) is 21.7. The van der Waals surface area contributed by atoms with Crippen molar-refractivity contribution in [1.29, 1.82) is 0 Å². The number of hydrogen-bond acceptors (Lipinski definition) is 5. The van der Waals surface area contributed by atoms with Crippen LogP contribution < -0.4 is 4.74 Å². The number of benzene rings is 1. The number of hydrogen-bond donors (Lipinski definition) is 2. The number of rotatable bonds is 3. The van der Waals surface area contributed by atoms with Gasteiger partial charge in [-0.3, -0.25) is 9.69 Å². The zero-order valence-electron chi connectivity index (χ0n) is 15.1. The summed E-state index contributed by atoms with van der Waals surface area (Å²) in [4.78, 5) is 27.0. The molecule has 0 aromatic heterocycles. The SMILES string of the molecule is O=C(O)c1ccc2c3c1OC1C(=O)CCC4(O)C(C2)N(CC2CC2)CCC314. The van der Waals surface area contributed by atoms with E-state index in [1.807, 2.05) is 6.07 Å². The molecule has 6 nitrogen and oxygen atoms in total. The molecule has 6 heteroatoms. The minimum atomic E-state index is -1.05. The third-order valence-electron chi connectivity index (χ3n) is 7.81. The molecule has 3 aliphatic carbocycles. The number of Topliss-reactive ketones (excluding diaryl/α,β-unsaturated/α-hetero) is 1. The number of nitrogens with zero attached hydrogens (tertiary/aromatic N) is 1. The topological polar surface area (TPSA) is 87.1 Å². The first-order valence-electron chi connectivity index (χ1n) is 10.0. The van der Waals surface area contributed by atoms with Crippen LogP contribution in [0.3, 0.4) is 0 Å². The molecule has 27 heavy (non-hydrogen) atoms. The Bertz CT molecular complexity index is 893. The van der Waals surface area contributed by atoms with Gasteiger partial charge in [0.1, 0.15) is 11.3 Å². The minimum Gasteiger partial charge on any atom is -0.480 e. The van der Waals surface area contributed by atoms with Gasteiger partial charge in [-0.2, -0.15) is 0 Å². The lowest BCUT2D eigenvalue weighted by Crippen LogP contribution is -2.76. The summed E-state index contributed by atoms with van der Waals surface area (Å²) in [6.07, 6.45) is 3.84. The van der Waals surface area contributed by atoms with Gasteiger partial charge in [-0.1, -0.05) is 6.07 Å². The number of carbonyl (C=O) groups excluding carboxylic acids is 1. The van der Waals surface area contributed by atoms with E-state index in [-0.39, 0.29) is 17.4 Å². The average Bonchev–Trinajstić information content (AvgIpc) is 3.37. The second-order valence-corrected chi connectivity index (χ2v) is 9.05. The van der Waals surface area contributed by atoms with Crippen LogP contribution >= 0.6 is 0 Å². The van der Waals surface area contributed by atoms with Crippen molar-refractivity contribution in [2.24, 2.45) is 5.92 Å². The Kier molecular flexibility index (Phi) is 2.93. The number of carboxylic acid groups (broad SMARTS) is 1. The number of piperidine rings is 1. The number of aliphatic hydroxyl groups is 1.